The molecule has 0 saturated carbocycles. The normalized spacial score (nSPS) is 11.1. The van der Waals surface area contributed by atoms with Crippen molar-refractivity contribution in [2.45, 2.75) is 32.6 Å². The first-order valence-electron chi connectivity index (χ1n) is 10.5. The maximum Gasteiger partial charge on any atom is 0.136 e. The van der Waals surface area contributed by atoms with Gasteiger partial charge >= 0.3 is 0 Å². The smallest absolute Gasteiger partial charge is 0.136 e. The molecule has 0 aliphatic rings. The van der Waals surface area contributed by atoms with Gasteiger partial charge in [-0.3, -0.25) is 0 Å². The maximum absolute atomic E-state index is 6.25. The van der Waals surface area contributed by atoms with E-state index in [9.17, 15) is 0 Å². The van der Waals surface area contributed by atoms with Crippen LogP contribution < -0.4 is 10.5 Å². The van der Waals surface area contributed by atoms with Crippen molar-refractivity contribution < 1.29 is 4.74 Å². The molecule has 4 aromatic rings. The van der Waals surface area contributed by atoms with Gasteiger partial charge in [0.2, 0.25) is 0 Å². The fraction of sp³-hybridized carbons (Fsp3) is 0.231. The van der Waals surface area contributed by atoms with Crippen LogP contribution in [0.4, 0.5) is 0 Å². The topological polar surface area (TPSA) is 51.0 Å². The Morgan fingerprint density at radius 2 is 1.69 bits per heavy atom. The van der Waals surface area contributed by atoms with Gasteiger partial charge in [0.1, 0.15) is 11.5 Å². The molecule has 29 heavy (non-hydrogen) atoms. The molecular weight excluding hydrogens is 356 g/mol. The Morgan fingerprint density at radius 1 is 0.897 bits per heavy atom. The number of nitrogens with two attached hydrogens (primary N) is 1. The van der Waals surface area contributed by atoms with Crippen molar-refractivity contribution in [1.82, 2.24) is 4.98 Å². The van der Waals surface area contributed by atoms with E-state index in [1.165, 1.54) is 22.0 Å². The molecule has 0 unspecified atom stereocenters. The Hall–Kier alpha value is -3.04. The van der Waals surface area contributed by atoms with E-state index >= 15 is 0 Å². The Balaban J connectivity index is 1.81. The number of rotatable bonds is 8. The van der Waals surface area contributed by atoms with Gasteiger partial charge in [-0.1, -0.05) is 43.3 Å². The van der Waals surface area contributed by atoms with E-state index in [0.29, 0.717) is 0 Å². The largest absolute Gasteiger partial charge is 0.457 e. The molecule has 0 aliphatic carbocycles. The molecule has 4 rings (SSSR count). The van der Waals surface area contributed by atoms with Crippen molar-refractivity contribution in [3.63, 3.8) is 0 Å². The van der Waals surface area contributed by atoms with Gasteiger partial charge in [-0.25, -0.2) is 0 Å². The van der Waals surface area contributed by atoms with Crippen LogP contribution in [0.5, 0.6) is 11.5 Å². The van der Waals surface area contributed by atoms with Gasteiger partial charge in [-0.05, 0) is 79.8 Å². The van der Waals surface area contributed by atoms with E-state index < -0.39 is 0 Å². The standard InChI is InChI=1S/C26H28N2O/c1-2-19-15-16-24-23(18-19)21(12-8-9-17-27)26(28-24)22-13-6-7-14-25(22)29-20-10-4-3-5-11-20/h3-7,10-11,13-16,18,28H,2,8-9,12,17,27H2,1H3. The zero-order chi connectivity index (χ0) is 20.1. The molecule has 0 spiro atoms. The molecule has 0 saturated heterocycles. The SMILES string of the molecule is CCc1ccc2[nH]c(-c3ccccc3Oc3ccccc3)c(CCCCN)c2c1. The first-order chi connectivity index (χ1) is 14.3. The van der Waals surface area contributed by atoms with Crippen LogP contribution in [0.3, 0.4) is 0 Å². The van der Waals surface area contributed by atoms with Gasteiger partial charge in [0.25, 0.3) is 0 Å². The summed E-state index contributed by atoms with van der Waals surface area (Å²) < 4.78 is 6.25. The number of nitrogens with one attached hydrogen (secondary N) is 1. The quantitative estimate of drug-likeness (QED) is 0.342. The average Bonchev–Trinajstić information content (AvgIpc) is 3.12. The van der Waals surface area contributed by atoms with Crippen LogP contribution >= 0.6 is 0 Å². The minimum absolute atomic E-state index is 0.728. The average molecular weight is 385 g/mol. The first-order valence-corrected chi connectivity index (χ1v) is 10.5. The lowest BCUT2D eigenvalue weighted by Gasteiger charge is -2.12. The van der Waals surface area contributed by atoms with Gasteiger partial charge in [-0.15, -0.1) is 0 Å². The molecule has 0 fully saturated rings. The van der Waals surface area contributed by atoms with Crippen molar-refractivity contribution in [2.75, 3.05) is 6.54 Å². The fourth-order valence-electron chi connectivity index (χ4n) is 3.83. The number of aromatic amines is 1. The third kappa shape index (κ3) is 4.20. The molecule has 3 nitrogen and oxygen atoms in total. The Labute approximate surface area is 172 Å². The van der Waals surface area contributed by atoms with Crippen LogP contribution in [0.15, 0.2) is 72.8 Å². The van der Waals surface area contributed by atoms with Crippen molar-refractivity contribution in [1.29, 1.82) is 0 Å². The van der Waals surface area contributed by atoms with Crippen LogP contribution in [-0.2, 0) is 12.8 Å². The highest BCUT2D eigenvalue weighted by atomic mass is 16.5. The molecule has 0 bridgehead atoms. The lowest BCUT2D eigenvalue weighted by molar-refractivity contribution is 0.484. The monoisotopic (exact) mass is 384 g/mol. The minimum atomic E-state index is 0.728. The third-order valence-corrected chi connectivity index (χ3v) is 5.39. The minimum Gasteiger partial charge on any atom is -0.457 e. The van der Waals surface area contributed by atoms with Gasteiger partial charge < -0.3 is 15.5 Å². The molecule has 3 aromatic carbocycles. The number of unbranched alkanes of at least 4 members (excludes halogenated alkanes) is 1. The van der Waals surface area contributed by atoms with Crippen molar-refractivity contribution in [2.24, 2.45) is 5.73 Å². The number of hydrogen-bond donors (Lipinski definition) is 2. The second-order valence-electron chi connectivity index (χ2n) is 7.37. The summed E-state index contributed by atoms with van der Waals surface area (Å²) in [5, 5.41) is 1.31. The van der Waals surface area contributed by atoms with Crippen LogP contribution in [0.25, 0.3) is 22.2 Å². The Bertz CT molecular complexity index is 1080. The van der Waals surface area contributed by atoms with Crippen LogP contribution in [0, 0.1) is 0 Å². The molecular formula is C26H28N2O. The number of para-hydroxylation sites is 2. The number of benzene rings is 3. The van der Waals surface area contributed by atoms with Crippen molar-refractivity contribution in [3.05, 3.63) is 83.9 Å². The summed E-state index contributed by atoms with van der Waals surface area (Å²) in [5.41, 5.74) is 11.9. The summed E-state index contributed by atoms with van der Waals surface area (Å²) in [6, 6.07) is 24.9. The first kappa shape index (κ1) is 19.3. The third-order valence-electron chi connectivity index (χ3n) is 5.39. The predicted octanol–water partition coefficient (Wildman–Crippen LogP) is 6.47. The second-order valence-corrected chi connectivity index (χ2v) is 7.37. The number of hydrogen-bond acceptors (Lipinski definition) is 2. The van der Waals surface area contributed by atoms with E-state index in [1.807, 2.05) is 42.5 Å². The molecule has 0 radical (unpaired) electrons. The van der Waals surface area contributed by atoms with Crippen LogP contribution in [-0.4, -0.2) is 11.5 Å². The van der Waals surface area contributed by atoms with Gasteiger partial charge in [-0.2, -0.15) is 0 Å². The highest BCUT2D eigenvalue weighted by Crippen LogP contribution is 2.38. The molecule has 1 heterocycles. The van der Waals surface area contributed by atoms with Crippen molar-refractivity contribution >= 4 is 10.9 Å². The van der Waals surface area contributed by atoms with E-state index in [0.717, 1.165) is 55.0 Å². The lowest BCUT2D eigenvalue weighted by atomic mass is 9.98. The molecule has 1 aromatic heterocycles. The molecule has 0 amide bonds. The van der Waals surface area contributed by atoms with E-state index in [-0.39, 0.29) is 0 Å². The number of H-pyrrole nitrogens is 1. The predicted molar refractivity (Wildman–Crippen MR) is 122 cm³/mol. The molecule has 3 heteroatoms. The molecule has 3 N–H and O–H groups in total. The summed E-state index contributed by atoms with van der Waals surface area (Å²) in [7, 11) is 0. The van der Waals surface area contributed by atoms with Crippen LogP contribution in [0.1, 0.15) is 30.9 Å². The molecule has 148 valence electrons. The van der Waals surface area contributed by atoms with Gasteiger partial charge in [0, 0.05) is 16.5 Å². The van der Waals surface area contributed by atoms with E-state index in [1.54, 1.807) is 0 Å². The Kier molecular flexibility index (Phi) is 5.97. The summed E-state index contributed by atoms with van der Waals surface area (Å²) in [6.45, 7) is 2.93. The van der Waals surface area contributed by atoms with E-state index in [4.69, 9.17) is 10.5 Å². The van der Waals surface area contributed by atoms with Crippen molar-refractivity contribution in [3.8, 4) is 22.8 Å². The number of aryl methyl sites for hydroxylation is 2. The number of fused-ring (bicyclic) bond motifs is 1. The van der Waals surface area contributed by atoms with Crippen LogP contribution in [0.2, 0.25) is 0 Å². The Morgan fingerprint density at radius 3 is 2.48 bits per heavy atom. The summed E-state index contributed by atoms with van der Waals surface area (Å²) in [5.74, 6) is 1.70. The second kappa shape index (κ2) is 8.97. The molecule has 0 atom stereocenters. The molecule has 0 aliphatic heterocycles. The van der Waals surface area contributed by atoms with Gasteiger partial charge in [0.15, 0.2) is 0 Å². The summed E-state index contributed by atoms with van der Waals surface area (Å²) in [6.07, 6.45) is 4.14. The number of aromatic nitrogens is 1. The zero-order valence-electron chi connectivity index (χ0n) is 16.9. The van der Waals surface area contributed by atoms with E-state index in [2.05, 4.69) is 42.2 Å². The zero-order valence-corrected chi connectivity index (χ0v) is 16.9. The maximum atomic E-state index is 6.25. The number of ether oxygens (including phenoxy) is 1. The lowest BCUT2D eigenvalue weighted by Crippen LogP contribution is -1.99. The highest BCUT2D eigenvalue weighted by molar-refractivity contribution is 5.92. The fourth-order valence-corrected chi connectivity index (χ4v) is 3.83. The highest BCUT2D eigenvalue weighted by Gasteiger charge is 2.17. The summed E-state index contributed by atoms with van der Waals surface area (Å²) in [4.78, 5) is 3.67. The summed E-state index contributed by atoms with van der Waals surface area (Å²) >= 11 is 0. The van der Waals surface area contributed by atoms with Gasteiger partial charge in [0.05, 0.1) is 5.69 Å².